The molecule has 3 aromatic rings. The first-order valence-corrected chi connectivity index (χ1v) is 10.8. The van der Waals surface area contributed by atoms with Crippen molar-refractivity contribution in [2.45, 2.75) is 12.5 Å². The Morgan fingerprint density at radius 2 is 2.17 bits per heavy atom. The van der Waals surface area contributed by atoms with Gasteiger partial charge in [0, 0.05) is 28.4 Å². The summed E-state index contributed by atoms with van der Waals surface area (Å²) in [4.78, 5) is 28.1. The lowest BCUT2D eigenvalue weighted by Gasteiger charge is -2.34. The van der Waals surface area contributed by atoms with Crippen LogP contribution in [-0.2, 0) is 11.2 Å². The van der Waals surface area contributed by atoms with Crippen LogP contribution in [0.4, 0.5) is 11.4 Å². The van der Waals surface area contributed by atoms with Crippen LogP contribution in [0.15, 0.2) is 47.2 Å². The number of amides is 1. The minimum atomic E-state index is -0.495. The molecule has 0 unspecified atom stereocenters. The van der Waals surface area contributed by atoms with Crippen LogP contribution in [0.25, 0.3) is 0 Å². The molecule has 0 aliphatic carbocycles. The molecule has 3 heterocycles. The Labute approximate surface area is 175 Å². The zero-order valence-electron chi connectivity index (χ0n) is 15.7. The number of rotatable bonds is 6. The van der Waals surface area contributed by atoms with Crippen molar-refractivity contribution < 1.29 is 14.5 Å². The van der Waals surface area contributed by atoms with Gasteiger partial charge in [0.2, 0.25) is 5.91 Å². The minimum absolute atomic E-state index is 0.0442. The highest BCUT2D eigenvalue weighted by atomic mass is 32.1. The SMILES string of the molecule is COc1ccc([N+](=O)[O-])cc1NC(=O)CN1CCc2sccc2[C@H]1c1cccs1. The lowest BCUT2D eigenvalue weighted by Crippen LogP contribution is -2.40. The fourth-order valence-electron chi connectivity index (χ4n) is 3.60. The van der Waals surface area contributed by atoms with Crippen LogP contribution in [0.1, 0.15) is 21.4 Å². The Kier molecular flexibility index (Phi) is 5.61. The van der Waals surface area contributed by atoms with Crippen molar-refractivity contribution in [3.63, 3.8) is 0 Å². The van der Waals surface area contributed by atoms with Gasteiger partial charge >= 0.3 is 0 Å². The van der Waals surface area contributed by atoms with Gasteiger partial charge in [-0.3, -0.25) is 19.8 Å². The maximum atomic E-state index is 12.8. The molecule has 1 amide bonds. The summed E-state index contributed by atoms with van der Waals surface area (Å²) < 4.78 is 5.24. The normalized spacial score (nSPS) is 16.2. The summed E-state index contributed by atoms with van der Waals surface area (Å²) in [6, 6.07) is 10.5. The molecular weight excluding hydrogens is 410 g/mol. The van der Waals surface area contributed by atoms with Crippen molar-refractivity contribution in [3.8, 4) is 5.75 Å². The van der Waals surface area contributed by atoms with Gasteiger partial charge in [-0.25, -0.2) is 0 Å². The van der Waals surface area contributed by atoms with E-state index in [1.165, 1.54) is 40.6 Å². The standard InChI is InChI=1S/C20H19N3O4S2/c1-27-16-5-4-13(23(25)26)11-15(16)21-19(24)12-22-8-6-17-14(7-10-29-17)20(22)18-3-2-9-28-18/h2-5,7,9-11,20H,6,8,12H2,1H3,(H,21,24)/t20-/m0/s1. The number of nitro benzene ring substituents is 1. The Hall–Kier alpha value is -2.75. The third-order valence-electron chi connectivity index (χ3n) is 4.89. The fraction of sp³-hybridized carbons (Fsp3) is 0.250. The van der Waals surface area contributed by atoms with E-state index in [0.717, 1.165) is 13.0 Å². The first-order valence-electron chi connectivity index (χ1n) is 9.03. The molecule has 1 aromatic carbocycles. The first-order chi connectivity index (χ1) is 14.1. The maximum absolute atomic E-state index is 12.8. The number of non-ortho nitro benzene ring substituents is 1. The van der Waals surface area contributed by atoms with E-state index in [0.29, 0.717) is 11.4 Å². The number of methoxy groups -OCH3 is 1. The number of fused-ring (bicyclic) bond motifs is 1. The van der Waals surface area contributed by atoms with Gasteiger partial charge in [0.25, 0.3) is 5.69 Å². The van der Waals surface area contributed by atoms with Crippen molar-refractivity contribution in [3.05, 3.63) is 72.6 Å². The topological polar surface area (TPSA) is 84.7 Å². The van der Waals surface area contributed by atoms with Crippen molar-refractivity contribution in [2.24, 2.45) is 0 Å². The second kappa shape index (κ2) is 8.32. The molecule has 1 N–H and O–H groups in total. The van der Waals surface area contributed by atoms with Gasteiger partial charge in [-0.1, -0.05) is 6.07 Å². The highest BCUT2D eigenvalue weighted by Gasteiger charge is 2.31. The number of nitro groups is 1. The number of carbonyl (C=O) groups excluding carboxylic acids is 1. The molecule has 4 rings (SSSR count). The number of nitrogens with one attached hydrogen (secondary N) is 1. The number of ether oxygens (including phenoxy) is 1. The van der Waals surface area contributed by atoms with Gasteiger partial charge in [0.15, 0.2) is 0 Å². The van der Waals surface area contributed by atoms with Crippen LogP contribution in [0.5, 0.6) is 5.75 Å². The first kappa shape index (κ1) is 19.6. The second-order valence-electron chi connectivity index (χ2n) is 6.63. The number of carbonyl (C=O) groups is 1. The number of benzene rings is 1. The highest BCUT2D eigenvalue weighted by Crippen LogP contribution is 2.39. The van der Waals surface area contributed by atoms with Gasteiger partial charge in [-0.15, -0.1) is 22.7 Å². The molecule has 0 saturated heterocycles. The molecule has 150 valence electrons. The quantitative estimate of drug-likeness (QED) is 0.466. The van der Waals surface area contributed by atoms with Crippen molar-refractivity contribution in [2.75, 3.05) is 25.5 Å². The van der Waals surface area contributed by atoms with Crippen LogP contribution in [0, 0.1) is 10.1 Å². The van der Waals surface area contributed by atoms with Crippen LogP contribution in [0.3, 0.4) is 0 Å². The summed E-state index contributed by atoms with van der Waals surface area (Å²) in [5, 5.41) is 18.0. The molecule has 9 heteroatoms. The lowest BCUT2D eigenvalue weighted by atomic mass is 9.98. The Morgan fingerprint density at radius 3 is 2.90 bits per heavy atom. The molecule has 0 spiro atoms. The van der Waals surface area contributed by atoms with E-state index in [-0.39, 0.29) is 24.2 Å². The lowest BCUT2D eigenvalue weighted by molar-refractivity contribution is -0.384. The van der Waals surface area contributed by atoms with E-state index in [9.17, 15) is 14.9 Å². The number of hydrogen-bond acceptors (Lipinski definition) is 7. The average molecular weight is 430 g/mol. The molecule has 2 aromatic heterocycles. The van der Waals surface area contributed by atoms with Gasteiger partial charge in [-0.05, 0) is 40.9 Å². The van der Waals surface area contributed by atoms with Gasteiger partial charge in [0.05, 0.1) is 30.3 Å². The molecule has 7 nitrogen and oxygen atoms in total. The molecule has 1 atom stereocenters. The summed E-state index contributed by atoms with van der Waals surface area (Å²) in [6.45, 7) is 0.958. The van der Waals surface area contributed by atoms with E-state index in [4.69, 9.17) is 4.74 Å². The van der Waals surface area contributed by atoms with Crippen molar-refractivity contribution >= 4 is 40.0 Å². The Balaban J connectivity index is 1.55. The second-order valence-corrected chi connectivity index (χ2v) is 8.61. The molecular formula is C20H19N3O4S2. The third kappa shape index (κ3) is 4.02. The van der Waals surface area contributed by atoms with E-state index >= 15 is 0 Å². The van der Waals surface area contributed by atoms with E-state index in [2.05, 4.69) is 27.7 Å². The van der Waals surface area contributed by atoms with Gasteiger partial charge in [-0.2, -0.15) is 0 Å². The average Bonchev–Trinajstić information content (AvgIpc) is 3.39. The van der Waals surface area contributed by atoms with Crippen LogP contribution < -0.4 is 10.1 Å². The summed E-state index contributed by atoms with van der Waals surface area (Å²) >= 11 is 3.43. The molecule has 0 radical (unpaired) electrons. The number of nitrogens with zero attached hydrogens (tertiary/aromatic N) is 2. The summed E-state index contributed by atoms with van der Waals surface area (Å²) in [5.74, 6) is 0.154. The van der Waals surface area contributed by atoms with E-state index in [1.54, 1.807) is 22.7 Å². The molecule has 1 aliphatic rings. The molecule has 0 bridgehead atoms. The number of hydrogen-bond donors (Lipinski definition) is 1. The molecule has 29 heavy (non-hydrogen) atoms. The monoisotopic (exact) mass is 429 g/mol. The molecule has 0 saturated carbocycles. The fourth-order valence-corrected chi connectivity index (χ4v) is 5.38. The van der Waals surface area contributed by atoms with Gasteiger partial charge < -0.3 is 10.1 Å². The van der Waals surface area contributed by atoms with Crippen molar-refractivity contribution in [1.29, 1.82) is 0 Å². The highest BCUT2D eigenvalue weighted by molar-refractivity contribution is 7.10. The number of thiophene rings is 2. The van der Waals surface area contributed by atoms with E-state index in [1.807, 2.05) is 11.4 Å². The third-order valence-corrected chi connectivity index (χ3v) is 6.81. The van der Waals surface area contributed by atoms with Crippen LogP contribution >= 0.6 is 22.7 Å². The number of anilines is 1. The summed E-state index contributed by atoms with van der Waals surface area (Å²) in [5.41, 5.74) is 1.45. The smallest absolute Gasteiger partial charge is 0.271 e. The van der Waals surface area contributed by atoms with E-state index < -0.39 is 4.92 Å². The molecule has 0 fully saturated rings. The Morgan fingerprint density at radius 1 is 1.31 bits per heavy atom. The zero-order chi connectivity index (χ0) is 20.4. The predicted octanol–water partition coefficient (Wildman–Crippen LogP) is 4.31. The largest absolute Gasteiger partial charge is 0.495 e. The van der Waals surface area contributed by atoms with Crippen molar-refractivity contribution in [1.82, 2.24) is 4.90 Å². The minimum Gasteiger partial charge on any atom is -0.495 e. The zero-order valence-corrected chi connectivity index (χ0v) is 17.3. The van der Waals surface area contributed by atoms with Crippen LogP contribution in [0.2, 0.25) is 0 Å². The van der Waals surface area contributed by atoms with Crippen LogP contribution in [-0.4, -0.2) is 35.9 Å². The Bertz CT molecular complexity index is 1030. The van der Waals surface area contributed by atoms with Gasteiger partial charge in [0.1, 0.15) is 5.75 Å². The predicted molar refractivity (Wildman–Crippen MR) is 114 cm³/mol. The summed E-state index contributed by atoms with van der Waals surface area (Å²) in [6.07, 6.45) is 0.905. The molecule has 1 aliphatic heterocycles. The summed E-state index contributed by atoms with van der Waals surface area (Å²) in [7, 11) is 1.46. The maximum Gasteiger partial charge on any atom is 0.271 e.